The fourth-order valence-corrected chi connectivity index (χ4v) is 4.74. The van der Waals surface area contributed by atoms with Crippen molar-refractivity contribution >= 4 is 23.4 Å². The Bertz CT molecular complexity index is 1180. The molecule has 2 aliphatic rings. The van der Waals surface area contributed by atoms with Gasteiger partial charge >= 0.3 is 0 Å². The van der Waals surface area contributed by atoms with Gasteiger partial charge in [0.1, 0.15) is 11.6 Å². The molecule has 2 heterocycles. The summed E-state index contributed by atoms with van der Waals surface area (Å²) in [5, 5.41) is 3.19. The van der Waals surface area contributed by atoms with Crippen molar-refractivity contribution < 1.29 is 19.0 Å². The number of nitrogens with zero attached hydrogens (tertiary/aromatic N) is 3. The molecule has 1 atom stereocenters. The van der Waals surface area contributed by atoms with Crippen LogP contribution in [0.5, 0.6) is 17.2 Å². The number of ether oxygens (including phenoxy) is 3. The maximum absolute atomic E-state index is 13.0. The highest BCUT2D eigenvalue weighted by Crippen LogP contribution is 2.38. The zero-order valence-corrected chi connectivity index (χ0v) is 20.1. The highest BCUT2D eigenvalue weighted by Gasteiger charge is 2.33. The normalized spacial score (nSPS) is 18.1. The molecule has 1 unspecified atom stereocenters. The molecule has 0 spiro atoms. The fraction of sp³-hybridized carbons (Fsp3) is 0.370. The van der Waals surface area contributed by atoms with Gasteiger partial charge in [0.2, 0.25) is 11.9 Å². The first-order valence-corrected chi connectivity index (χ1v) is 12.0. The van der Waals surface area contributed by atoms with Crippen LogP contribution in [-0.4, -0.2) is 42.7 Å². The van der Waals surface area contributed by atoms with Crippen molar-refractivity contribution in [2.45, 2.75) is 44.1 Å². The van der Waals surface area contributed by atoms with Gasteiger partial charge in [0.25, 0.3) is 0 Å². The summed E-state index contributed by atoms with van der Waals surface area (Å²) in [6, 6.07) is 15.3. The average Bonchev–Trinajstić information content (AvgIpc) is 3.54. The van der Waals surface area contributed by atoms with Gasteiger partial charge in [-0.1, -0.05) is 6.07 Å². The number of carbonyl (C=O) groups excluding carboxylic acids is 1. The Morgan fingerprint density at radius 3 is 2.51 bits per heavy atom. The van der Waals surface area contributed by atoms with Gasteiger partial charge in [-0.2, -0.15) is 4.98 Å². The summed E-state index contributed by atoms with van der Waals surface area (Å²) in [5.41, 5.74) is 1.90. The Morgan fingerprint density at radius 1 is 0.971 bits per heavy atom. The molecular weight excluding hydrogens is 444 g/mol. The quantitative estimate of drug-likeness (QED) is 0.487. The summed E-state index contributed by atoms with van der Waals surface area (Å²) in [6.07, 6.45) is 6.86. The first-order valence-electron chi connectivity index (χ1n) is 12.0. The van der Waals surface area contributed by atoms with Gasteiger partial charge in [-0.25, -0.2) is 4.98 Å². The van der Waals surface area contributed by atoms with Crippen LogP contribution in [0.1, 0.15) is 43.6 Å². The molecule has 3 aromatic rings. The molecule has 1 aromatic heterocycles. The lowest BCUT2D eigenvalue weighted by molar-refractivity contribution is -0.117. The molecule has 1 aliphatic heterocycles. The van der Waals surface area contributed by atoms with Crippen molar-refractivity contribution in [1.29, 1.82) is 0 Å². The van der Waals surface area contributed by atoms with E-state index in [4.69, 9.17) is 14.2 Å². The number of amides is 1. The number of aromatic nitrogens is 2. The van der Waals surface area contributed by atoms with E-state index in [1.165, 1.54) is 12.8 Å². The maximum atomic E-state index is 13.0. The summed E-state index contributed by atoms with van der Waals surface area (Å²) < 4.78 is 17.0. The summed E-state index contributed by atoms with van der Waals surface area (Å²) in [4.78, 5) is 23.6. The van der Waals surface area contributed by atoms with Crippen molar-refractivity contribution in [2.24, 2.45) is 0 Å². The van der Waals surface area contributed by atoms with Crippen molar-refractivity contribution in [3.05, 3.63) is 60.3 Å². The van der Waals surface area contributed by atoms with Crippen molar-refractivity contribution in [1.82, 2.24) is 9.97 Å². The Kier molecular flexibility index (Phi) is 6.70. The van der Waals surface area contributed by atoms with E-state index in [-0.39, 0.29) is 17.9 Å². The number of methoxy groups -OCH3 is 2. The minimum atomic E-state index is 0.0400. The zero-order valence-electron chi connectivity index (χ0n) is 20.1. The molecule has 1 N–H and O–H groups in total. The standard InChI is InChI=1S/C27H30N4O4/c1-33-21-10-8-20(9-11-21)29-27-28-14-13-25(30-27)31-17-19(16-26(31)32)18-7-12-23(34-2)24(15-18)35-22-5-3-4-6-22/h7-15,19,22H,3-6,16-17H2,1-2H3,(H,28,29,30). The third kappa shape index (κ3) is 5.16. The molecule has 2 fully saturated rings. The van der Waals surface area contributed by atoms with E-state index in [2.05, 4.69) is 15.3 Å². The molecule has 1 saturated carbocycles. The lowest BCUT2D eigenvalue weighted by atomic mass is 9.98. The highest BCUT2D eigenvalue weighted by molar-refractivity contribution is 5.95. The maximum Gasteiger partial charge on any atom is 0.229 e. The monoisotopic (exact) mass is 474 g/mol. The summed E-state index contributed by atoms with van der Waals surface area (Å²) in [5.74, 6) is 3.36. The van der Waals surface area contributed by atoms with Crippen LogP contribution in [0.4, 0.5) is 17.5 Å². The molecule has 0 radical (unpaired) electrons. The van der Waals surface area contributed by atoms with Gasteiger partial charge in [0.05, 0.1) is 20.3 Å². The third-order valence-electron chi connectivity index (χ3n) is 6.64. The van der Waals surface area contributed by atoms with E-state index in [9.17, 15) is 4.79 Å². The van der Waals surface area contributed by atoms with Gasteiger partial charge < -0.3 is 19.5 Å². The largest absolute Gasteiger partial charge is 0.497 e. The van der Waals surface area contributed by atoms with Crippen LogP contribution < -0.4 is 24.4 Å². The molecule has 8 nitrogen and oxygen atoms in total. The minimum Gasteiger partial charge on any atom is -0.497 e. The zero-order chi connectivity index (χ0) is 24.2. The highest BCUT2D eigenvalue weighted by atomic mass is 16.5. The molecule has 5 rings (SSSR count). The second-order valence-corrected chi connectivity index (χ2v) is 8.93. The first-order chi connectivity index (χ1) is 17.1. The summed E-state index contributed by atoms with van der Waals surface area (Å²) >= 11 is 0. The van der Waals surface area contributed by atoms with E-state index in [1.807, 2.05) is 42.5 Å². The molecule has 2 aromatic carbocycles. The summed E-state index contributed by atoms with van der Waals surface area (Å²) in [6.45, 7) is 0.549. The summed E-state index contributed by atoms with van der Waals surface area (Å²) in [7, 11) is 3.29. The van der Waals surface area contributed by atoms with Gasteiger partial charge in [0, 0.05) is 30.8 Å². The number of hydrogen-bond acceptors (Lipinski definition) is 7. The SMILES string of the molecule is COc1ccc(Nc2nccc(N3CC(c4ccc(OC)c(OC5CCCC5)c4)CC3=O)n2)cc1. The van der Waals surface area contributed by atoms with Crippen LogP contribution in [0.3, 0.4) is 0 Å². The first kappa shape index (κ1) is 23.0. The predicted octanol–water partition coefficient (Wildman–Crippen LogP) is 5.08. The van der Waals surface area contributed by atoms with Crippen LogP contribution in [0.15, 0.2) is 54.7 Å². The predicted molar refractivity (Wildman–Crippen MR) is 134 cm³/mol. The van der Waals surface area contributed by atoms with Crippen LogP contribution in [0, 0.1) is 0 Å². The molecule has 1 saturated heterocycles. The van der Waals surface area contributed by atoms with E-state index in [1.54, 1.807) is 31.4 Å². The lowest BCUT2D eigenvalue weighted by Crippen LogP contribution is -2.25. The van der Waals surface area contributed by atoms with E-state index in [0.29, 0.717) is 24.7 Å². The Labute approximate surface area is 205 Å². The molecule has 35 heavy (non-hydrogen) atoms. The van der Waals surface area contributed by atoms with Gasteiger partial charge in [-0.05, 0) is 73.7 Å². The number of nitrogens with one attached hydrogen (secondary N) is 1. The Morgan fingerprint density at radius 2 is 1.77 bits per heavy atom. The molecule has 1 amide bonds. The fourth-order valence-electron chi connectivity index (χ4n) is 4.74. The molecule has 182 valence electrons. The number of anilines is 3. The third-order valence-corrected chi connectivity index (χ3v) is 6.64. The molecular formula is C27H30N4O4. The number of rotatable bonds is 8. The van der Waals surface area contributed by atoms with E-state index < -0.39 is 0 Å². The van der Waals surface area contributed by atoms with Crippen LogP contribution in [0.2, 0.25) is 0 Å². The van der Waals surface area contributed by atoms with Gasteiger partial charge in [-0.15, -0.1) is 0 Å². The topological polar surface area (TPSA) is 85.8 Å². The van der Waals surface area contributed by atoms with Crippen LogP contribution >= 0.6 is 0 Å². The van der Waals surface area contributed by atoms with Gasteiger partial charge in [0.15, 0.2) is 11.5 Å². The van der Waals surface area contributed by atoms with E-state index >= 15 is 0 Å². The van der Waals surface area contributed by atoms with E-state index in [0.717, 1.165) is 41.3 Å². The number of carbonyl (C=O) groups is 1. The van der Waals surface area contributed by atoms with Crippen molar-refractivity contribution in [3.63, 3.8) is 0 Å². The minimum absolute atomic E-state index is 0.0400. The number of hydrogen-bond donors (Lipinski definition) is 1. The van der Waals surface area contributed by atoms with Crippen LogP contribution in [0.25, 0.3) is 0 Å². The molecule has 0 bridgehead atoms. The average molecular weight is 475 g/mol. The van der Waals surface area contributed by atoms with Crippen molar-refractivity contribution in [2.75, 3.05) is 31.0 Å². The van der Waals surface area contributed by atoms with Crippen LogP contribution in [-0.2, 0) is 4.79 Å². The second-order valence-electron chi connectivity index (χ2n) is 8.93. The lowest BCUT2D eigenvalue weighted by Gasteiger charge is -2.19. The number of benzene rings is 2. The smallest absolute Gasteiger partial charge is 0.229 e. The second kappa shape index (κ2) is 10.2. The Balaban J connectivity index is 1.31. The molecule has 8 heteroatoms. The Hall–Kier alpha value is -3.81. The van der Waals surface area contributed by atoms with Crippen molar-refractivity contribution in [3.8, 4) is 17.2 Å². The van der Waals surface area contributed by atoms with Gasteiger partial charge in [-0.3, -0.25) is 9.69 Å². The molecule has 1 aliphatic carbocycles.